The van der Waals surface area contributed by atoms with Gasteiger partial charge in [0.15, 0.2) is 5.78 Å². The van der Waals surface area contributed by atoms with Crippen LogP contribution in [-0.4, -0.2) is 28.4 Å². The zero-order chi connectivity index (χ0) is 25.8. The summed E-state index contributed by atoms with van der Waals surface area (Å²) in [6, 6.07) is 13.3. The molecule has 3 aromatic rings. The Bertz CT molecular complexity index is 1110. The number of hydrogen-bond acceptors (Lipinski definition) is 3. The summed E-state index contributed by atoms with van der Waals surface area (Å²) < 4.78 is 5.92. The van der Waals surface area contributed by atoms with E-state index in [0.29, 0.717) is 25.2 Å². The number of aromatic nitrogens is 1. The molecule has 0 saturated heterocycles. The van der Waals surface area contributed by atoms with Crippen molar-refractivity contribution in [3.05, 3.63) is 64.8 Å². The van der Waals surface area contributed by atoms with Crippen molar-refractivity contribution in [3.63, 3.8) is 0 Å². The molecule has 0 fully saturated rings. The number of carbonyl (C=O) groups is 2. The van der Waals surface area contributed by atoms with Crippen LogP contribution >= 0.6 is 0 Å². The lowest BCUT2D eigenvalue weighted by molar-refractivity contribution is -0.136. The molecule has 194 valence electrons. The number of carboxylic acids is 1. The molecule has 3 rings (SSSR count). The van der Waals surface area contributed by atoms with Gasteiger partial charge >= 0.3 is 5.97 Å². The fraction of sp³-hybridized carbons (Fsp3) is 0.484. The quantitative estimate of drug-likeness (QED) is 0.149. The van der Waals surface area contributed by atoms with Crippen LogP contribution in [0.15, 0.2) is 42.5 Å². The van der Waals surface area contributed by atoms with Gasteiger partial charge in [0.1, 0.15) is 5.75 Å². The van der Waals surface area contributed by atoms with Crippen molar-refractivity contribution in [2.24, 2.45) is 0 Å². The number of aryl methyl sites for hydroxylation is 1. The van der Waals surface area contributed by atoms with Crippen LogP contribution in [0.2, 0.25) is 0 Å². The Hall–Kier alpha value is -3.08. The van der Waals surface area contributed by atoms with Gasteiger partial charge in [-0.3, -0.25) is 9.59 Å². The molecule has 0 saturated carbocycles. The number of fused-ring (bicyclic) bond motifs is 1. The Morgan fingerprint density at radius 3 is 2.22 bits per heavy atom. The summed E-state index contributed by atoms with van der Waals surface area (Å²) in [6.07, 6.45) is 12.5. The summed E-state index contributed by atoms with van der Waals surface area (Å²) in [6.45, 7) is 4.71. The molecule has 0 amide bonds. The molecule has 0 aliphatic rings. The molecule has 1 heterocycles. The molecular weight excluding hydrogens is 450 g/mol. The highest BCUT2D eigenvalue weighted by atomic mass is 16.5. The molecule has 1 aromatic heterocycles. The number of ether oxygens (including phenoxy) is 1. The molecule has 5 nitrogen and oxygen atoms in total. The summed E-state index contributed by atoms with van der Waals surface area (Å²) in [4.78, 5) is 27.5. The first-order valence-corrected chi connectivity index (χ1v) is 13.6. The van der Waals surface area contributed by atoms with Gasteiger partial charge in [0.05, 0.1) is 13.0 Å². The summed E-state index contributed by atoms with van der Waals surface area (Å²) in [7, 11) is 0. The number of rotatable bonds is 17. The largest absolute Gasteiger partial charge is 0.493 e. The molecule has 5 heteroatoms. The van der Waals surface area contributed by atoms with E-state index in [4.69, 9.17) is 9.84 Å². The fourth-order valence-corrected chi connectivity index (χ4v) is 4.89. The Labute approximate surface area is 215 Å². The van der Waals surface area contributed by atoms with Crippen LogP contribution in [0.25, 0.3) is 10.9 Å². The third-order valence-corrected chi connectivity index (χ3v) is 6.80. The normalized spacial score (nSPS) is 11.2. The van der Waals surface area contributed by atoms with Crippen molar-refractivity contribution in [1.29, 1.82) is 0 Å². The van der Waals surface area contributed by atoms with Crippen molar-refractivity contribution in [3.8, 4) is 5.75 Å². The Morgan fingerprint density at radius 1 is 0.889 bits per heavy atom. The number of aromatic amines is 1. The highest BCUT2D eigenvalue weighted by Crippen LogP contribution is 2.28. The van der Waals surface area contributed by atoms with Gasteiger partial charge < -0.3 is 14.8 Å². The number of carboxylic acid groups (broad SMARTS) is 1. The first-order valence-electron chi connectivity index (χ1n) is 13.6. The first-order chi connectivity index (χ1) is 17.5. The van der Waals surface area contributed by atoms with Crippen LogP contribution in [0.1, 0.15) is 98.3 Å². The van der Waals surface area contributed by atoms with Crippen LogP contribution < -0.4 is 4.74 Å². The zero-order valence-electron chi connectivity index (χ0n) is 21.9. The number of unbranched alkanes of at least 4 members (excludes halogenated alkanes) is 8. The summed E-state index contributed by atoms with van der Waals surface area (Å²) >= 11 is 0. The standard InChI is InChI=1S/C31H41NO4/c1-3-4-5-6-7-8-9-10-11-15-28(33)30-23(2)32-27-14-12-13-25(31(27)30)20-21-36-26-18-16-24(17-19-26)22-29(34)35/h12-14,16-19,32H,3-11,15,20-22H2,1-2H3,(H,34,35). The summed E-state index contributed by atoms with van der Waals surface area (Å²) in [5.41, 5.74) is 4.62. The first kappa shape index (κ1) is 27.5. The number of benzene rings is 2. The van der Waals surface area contributed by atoms with E-state index in [1.54, 1.807) is 24.3 Å². The maximum atomic E-state index is 13.2. The number of carbonyl (C=O) groups excluding carboxylic acids is 1. The van der Waals surface area contributed by atoms with Crippen LogP contribution in [0.5, 0.6) is 5.75 Å². The van der Waals surface area contributed by atoms with E-state index < -0.39 is 5.97 Å². The van der Waals surface area contributed by atoms with Crippen molar-refractivity contribution in [2.75, 3.05) is 6.61 Å². The number of Topliss-reactive ketones (excluding diaryl/α,β-unsaturated/α-hetero) is 1. The van der Waals surface area contributed by atoms with Crippen molar-refractivity contribution < 1.29 is 19.4 Å². The lowest BCUT2D eigenvalue weighted by Gasteiger charge is -2.09. The van der Waals surface area contributed by atoms with Crippen LogP contribution in [0.3, 0.4) is 0 Å². The summed E-state index contributed by atoms with van der Waals surface area (Å²) in [5, 5.41) is 9.94. The molecule has 0 aliphatic heterocycles. The maximum absolute atomic E-state index is 13.2. The second-order valence-electron chi connectivity index (χ2n) is 9.78. The second kappa shape index (κ2) is 14.5. The van der Waals surface area contributed by atoms with E-state index in [1.807, 2.05) is 19.1 Å². The predicted octanol–water partition coefficient (Wildman–Crippen LogP) is 7.83. The Balaban J connectivity index is 1.54. The maximum Gasteiger partial charge on any atom is 0.307 e. The number of nitrogens with one attached hydrogen (secondary N) is 1. The van der Waals surface area contributed by atoms with E-state index in [-0.39, 0.29) is 12.2 Å². The Morgan fingerprint density at radius 2 is 1.56 bits per heavy atom. The molecule has 0 aliphatic carbocycles. The second-order valence-corrected chi connectivity index (χ2v) is 9.78. The minimum Gasteiger partial charge on any atom is -0.493 e. The number of hydrogen-bond donors (Lipinski definition) is 2. The lowest BCUT2D eigenvalue weighted by atomic mass is 9.97. The van der Waals surface area contributed by atoms with E-state index >= 15 is 0 Å². The fourth-order valence-electron chi connectivity index (χ4n) is 4.89. The third-order valence-electron chi connectivity index (χ3n) is 6.80. The van der Waals surface area contributed by atoms with Gasteiger partial charge in [0.25, 0.3) is 0 Å². The van der Waals surface area contributed by atoms with Crippen LogP contribution in [0, 0.1) is 6.92 Å². The number of aliphatic carboxylic acids is 1. The van der Waals surface area contributed by atoms with Crippen LogP contribution in [-0.2, 0) is 17.6 Å². The minimum atomic E-state index is -0.846. The minimum absolute atomic E-state index is 0.00493. The van der Waals surface area contributed by atoms with Gasteiger partial charge in [-0.2, -0.15) is 0 Å². The third kappa shape index (κ3) is 8.25. The van der Waals surface area contributed by atoms with E-state index in [1.165, 1.54) is 44.9 Å². The molecule has 36 heavy (non-hydrogen) atoms. The Kier molecular flexibility index (Phi) is 11.1. The van der Waals surface area contributed by atoms with E-state index in [0.717, 1.165) is 46.1 Å². The van der Waals surface area contributed by atoms with E-state index in [2.05, 4.69) is 18.0 Å². The van der Waals surface area contributed by atoms with Gasteiger partial charge in [-0.05, 0) is 42.7 Å². The molecule has 0 atom stereocenters. The van der Waals surface area contributed by atoms with Crippen molar-refractivity contribution >= 4 is 22.7 Å². The summed E-state index contributed by atoms with van der Waals surface area (Å²) in [5.74, 6) is 0.0917. The molecule has 0 radical (unpaired) electrons. The topological polar surface area (TPSA) is 79.4 Å². The number of ketones is 1. The molecule has 2 N–H and O–H groups in total. The van der Waals surface area contributed by atoms with Crippen LogP contribution in [0.4, 0.5) is 0 Å². The van der Waals surface area contributed by atoms with Gasteiger partial charge in [-0.25, -0.2) is 0 Å². The molecule has 0 bridgehead atoms. The average molecular weight is 492 g/mol. The zero-order valence-corrected chi connectivity index (χ0v) is 21.9. The van der Waals surface area contributed by atoms with Gasteiger partial charge in [0, 0.05) is 35.0 Å². The number of H-pyrrole nitrogens is 1. The van der Waals surface area contributed by atoms with Crippen molar-refractivity contribution in [2.45, 2.75) is 90.9 Å². The SMILES string of the molecule is CCCCCCCCCCCC(=O)c1c(C)[nH]c2cccc(CCOc3ccc(CC(=O)O)cc3)c12. The highest BCUT2D eigenvalue weighted by Gasteiger charge is 2.18. The average Bonchev–Trinajstić information content (AvgIpc) is 3.20. The molecule has 2 aromatic carbocycles. The van der Waals surface area contributed by atoms with Gasteiger partial charge in [-0.15, -0.1) is 0 Å². The van der Waals surface area contributed by atoms with Crippen molar-refractivity contribution in [1.82, 2.24) is 4.98 Å². The molecule has 0 spiro atoms. The highest BCUT2D eigenvalue weighted by molar-refractivity contribution is 6.10. The smallest absolute Gasteiger partial charge is 0.307 e. The molecule has 0 unspecified atom stereocenters. The predicted molar refractivity (Wildman–Crippen MR) is 146 cm³/mol. The lowest BCUT2D eigenvalue weighted by Crippen LogP contribution is -2.05. The van der Waals surface area contributed by atoms with Gasteiger partial charge in [0.2, 0.25) is 0 Å². The molecular formula is C31H41NO4. The van der Waals surface area contributed by atoms with E-state index in [9.17, 15) is 9.59 Å². The van der Waals surface area contributed by atoms with Gasteiger partial charge in [-0.1, -0.05) is 82.6 Å². The monoisotopic (exact) mass is 491 g/mol.